The van der Waals surface area contributed by atoms with Crippen molar-refractivity contribution < 1.29 is 4.39 Å². The first-order chi connectivity index (χ1) is 9.17. The maximum Gasteiger partial charge on any atom is 0.127 e. The normalized spacial score (nSPS) is 30.8. The van der Waals surface area contributed by atoms with Gasteiger partial charge in [0.15, 0.2) is 0 Å². The molecule has 3 rings (SSSR count). The summed E-state index contributed by atoms with van der Waals surface area (Å²) in [6.45, 7) is 0. The molecule has 2 aliphatic rings. The molecule has 104 valence electrons. The molecule has 0 aliphatic heterocycles. The second-order valence-electron chi connectivity index (χ2n) is 6.17. The first kappa shape index (κ1) is 13.4. The second kappa shape index (κ2) is 5.41. The highest BCUT2D eigenvalue weighted by molar-refractivity contribution is 6.30. The van der Waals surface area contributed by atoms with Gasteiger partial charge in [0, 0.05) is 11.1 Å². The maximum absolute atomic E-state index is 13.9. The molecule has 0 spiro atoms. The van der Waals surface area contributed by atoms with E-state index in [4.69, 9.17) is 11.6 Å². The average molecular weight is 282 g/mol. The lowest BCUT2D eigenvalue weighted by molar-refractivity contribution is 0.254. The maximum atomic E-state index is 13.9. The molecule has 4 atom stereocenters. The molecule has 19 heavy (non-hydrogen) atoms. The fourth-order valence-electron chi connectivity index (χ4n) is 4.18. The standard InChI is InChI=1S/C16H21ClFN/c1-19-16(14-7-10-2-3-11(14)6-10)8-12-4-5-13(17)9-15(12)18/h4-5,9-11,14,16,19H,2-3,6-8H2,1H3. The molecular weight excluding hydrogens is 261 g/mol. The summed E-state index contributed by atoms with van der Waals surface area (Å²) in [5.74, 6) is 2.34. The van der Waals surface area contributed by atoms with Crippen molar-refractivity contribution in [2.24, 2.45) is 17.8 Å². The number of fused-ring (bicyclic) bond motifs is 2. The van der Waals surface area contributed by atoms with Crippen molar-refractivity contribution in [3.8, 4) is 0 Å². The third-order valence-electron chi connectivity index (χ3n) is 5.14. The van der Waals surface area contributed by atoms with E-state index in [0.717, 1.165) is 29.7 Å². The van der Waals surface area contributed by atoms with Gasteiger partial charge in [0.1, 0.15) is 5.82 Å². The summed E-state index contributed by atoms with van der Waals surface area (Å²) in [6, 6.07) is 5.43. The van der Waals surface area contributed by atoms with Crippen molar-refractivity contribution in [2.75, 3.05) is 7.05 Å². The number of likely N-dealkylation sites (N-methyl/N-ethyl adjacent to an activating group) is 1. The fourth-order valence-corrected chi connectivity index (χ4v) is 4.34. The van der Waals surface area contributed by atoms with Gasteiger partial charge in [-0.1, -0.05) is 24.1 Å². The SMILES string of the molecule is CNC(Cc1ccc(Cl)cc1F)C1CC2CCC1C2. The molecule has 4 unspecified atom stereocenters. The molecule has 1 N–H and O–H groups in total. The number of halogens is 2. The van der Waals surface area contributed by atoms with E-state index in [1.807, 2.05) is 13.1 Å². The van der Waals surface area contributed by atoms with Crippen LogP contribution < -0.4 is 5.32 Å². The summed E-state index contributed by atoms with van der Waals surface area (Å²) in [4.78, 5) is 0. The van der Waals surface area contributed by atoms with Crippen LogP contribution in [0, 0.1) is 23.6 Å². The van der Waals surface area contributed by atoms with Gasteiger partial charge in [-0.25, -0.2) is 4.39 Å². The minimum atomic E-state index is -0.170. The van der Waals surface area contributed by atoms with Crippen molar-refractivity contribution in [3.05, 3.63) is 34.6 Å². The Kier molecular flexibility index (Phi) is 3.81. The van der Waals surface area contributed by atoms with E-state index in [0.29, 0.717) is 11.1 Å². The van der Waals surface area contributed by atoms with Crippen molar-refractivity contribution in [3.63, 3.8) is 0 Å². The Hall–Kier alpha value is -0.600. The van der Waals surface area contributed by atoms with Crippen LogP contribution in [-0.4, -0.2) is 13.1 Å². The fraction of sp³-hybridized carbons (Fsp3) is 0.625. The zero-order valence-corrected chi connectivity index (χ0v) is 12.1. The van der Waals surface area contributed by atoms with Gasteiger partial charge in [0.25, 0.3) is 0 Å². The molecule has 0 amide bonds. The molecule has 0 radical (unpaired) electrons. The molecule has 1 aromatic rings. The molecule has 1 nitrogen and oxygen atoms in total. The van der Waals surface area contributed by atoms with Gasteiger partial charge in [0.05, 0.1) is 0 Å². The Morgan fingerprint density at radius 2 is 2.21 bits per heavy atom. The summed E-state index contributed by atoms with van der Waals surface area (Å²) in [5.41, 5.74) is 0.784. The highest BCUT2D eigenvalue weighted by Crippen LogP contribution is 2.49. The van der Waals surface area contributed by atoms with Crippen LogP contribution in [0.5, 0.6) is 0 Å². The van der Waals surface area contributed by atoms with Crippen LogP contribution in [0.1, 0.15) is 31.2 Å². The van der Waals surface area contributed by atoms with Crippen LogP contribution in [-0.2, 0) is 6.42 Å². The predicted octanol–water partition coefficient (Wildman–Crippen LogP) is 4.05. The molecule has 1 aromatic carbocycles. The van der Waals surface area contributed by atoms with E-state index < -0.39 is 0 Å². The van der Waals surface area contributed by atoms with Crippen LogP contribution >= 0.6 is 11.6 Å². The molecule has 2 saturated carbocycles. The molecular formula is C16H21ClFN. The summed E-state index contributed by atoms with van der Waals surface area (Å²) in [5, 5.41) is 3.89. The summed E-state index contributed by atoms with van der Waals surface area (Å²) < 4.78 is 13.9. The number of rotatable bonds is 4. The van der Waals surface area contributed by atoms with Crippen LogP contribution in [0.15, 0.2) is 18.2 Å². The second-order valence-corrected chi connectivity index (χ2v) is 6.61. The number of nitrogens with one attached hydrogen (secondary N) is 1. The number of hydrogen-bond donors (Lipinski definition) is 1. The van der Waals surface area contributed by atoms with Gasteiger partial charge in [-0.3, -0.25) is 0 Å². The lowest BCUT2D eigenvalue weighted by Crippen LogP contribution is -2.38. The van der Waals surface area contributed by atoms with E-state index >= 15 is 0 Å². The van der Waals surface area contributed by atoms with Gasteiger partial charge >= 0.3 is 0 Å². The highest BCUT2D eigenvalue weighted by Gasteiger charge is 2.42. The lowest BCUT2D eigenvalue weighted by Gasteiger charge is -2.30. The van der Waals surface area contributed by atoms with Gasteiger partial charge < -0.3 is 5.32 Å². The lowest BCUT2D eigenvalue weighted by atomic mass is 9.81. The highest BCUT2D eigenvalue weighted by atomic mass is 35.5. The Labute approximate surface area is 119 Å². The van der Waals surface area contributed by atoms with Gasteiger partial charge in [0.2, 0.25) is 0 Å². The van der Waals surface area contributed by atoms with Gasteiger partial charge in [-0.05, 0) is 68.2 Å². The smallest absolute Gasteiger partial charge is 0.127 e. The van der Waals surface area contributed by atoms with Crippen molar-refractivity contribution >= 4 is 11.6 Å². The molecule has 0 heterocycles. The van der Waals surface area contributed by atoms with Gasteiger partial charge in [-0.2, -0.15) is 0 Å². The van der Waals surface area contributed by atoms with E-state index in [1.165, 1.54) is 31.7 Å². The predicted molar refractivity (Wildman–Crippen MR) is 76.9 cm³/mol. The Morgan fingerprint density at radius 3 is 2.79 bits per heavy atom. The molecule has 3 heteroatoms. The molecule has 0 aromatic heterocycles. The Bertz CT molecular complexity index is 462. The van der Waals surface area contributed by atoms with Crippen molar-refractivity contribution in [2.45, 2.75) is 38.1 Å². The molecule has 2 fully saturated rings. The van der Waals surface area contributed by atoms with Crippen LogP contribution in [0.3, 0.4) is 0 Å². The monoisotopic (exact) mass is 281 g/mol. The number of benzene rings is 1. The Balaban J connectivity index is 1.73. The Morgan fingerprint density at radius 1 is 1.37 bits per heavy atom. The third kappa shape index (κ3) is 2.66. The van der Waals surface area contributed by atoms with E-state index in [2.05, 4.69) is 5.32 Å². The largest absolute Gasteiger partial charge is 0.316 e. The zero-order valence-electron chi connectivity index (χ0n) is 11.3. The molecule has 2 bridgehead atoms. The minimum absolute atomic E-state index is 0.170. The third-order valence-corrected chi connectivity index (χ3v) is 5.37. The quantitative estimate of drug-likeness (QED) is 0.878. The van der Waals surface area contributed by atoms with E-state index in [-0.39, 0.29) is 5.82 Å². The van der Waals surface area contributed by atoms with Crippen LogP contribution in [0.2, 0.25) is 5.02 Å². The zero-order chi connectivity index (χ0) is 13.4. The van der Waals surface area contributed by atoms with Crippen molar-refractivity contribution in [1.29, 1.82) is 0 Å². The summed E-state index contributed by atoms with van der Waals surface area (Å²) in [7, 11) is 2.00. The van der Waals surface area contributed by atoms with E-state index in [9.17, 15) is 4.39 Å². The van der Waals surface area contributed by atoms with Crippen molar-refractivity contribution in [1.82, 2.24) is 5.32 Å². The van der Waals surface area contributed by atoms with E-state index in [1.54, 1.807) is 6.07 Å². The average Bonchev–Trinajstić information content (AvgIpc) is 3.00. The topological polar surface area (TPSA) is 12.0 Å². The summed E-state index contributed by atoms with van der Waals surface area (Å²) >= 11 is 5.81. The first-order valence-electron chi connectivity index (χ1n) is 7.28. The van der Waals surface area contributed by atoms with Crippen LogP contribution in [0.25, 0.3) is 0 Å². The van der Waals surface area contributed by atoms with Gasteiger partial charge in [-0.15, -0.1) is 0 Å². The number of hydrogen-bond acceptors (Lipinski definition) is 1. The van der Waals surface area contributed by atoms with Crippen LogP contribution in [0.4, 0.5) is 4.39 Å². The molecule has 0 saturated heterocycles. The first-order valence-corrected chi connectivity index (χ1v) is 7.66. The minimum Gasteiger partial charge on any atom is -0.316 e. The summed E-state index contributed by atoms with van der Waals surface area (Å²) in [6.07, 6.45) is 6.27. The molecule has 2 aliphatic carbocycles.